The van der Waals surface area contributed by atoms with Crippen LogP contribution in [0, 0.1) is 5.92 Å². The molecule has 1 aliphatic rings. The molecule has 1 saturated carbocycles. The molecule has 0 aliphatic heterocycles. The molecule has 1 aromatic rings. The van der Waals surface area contributed by atoms with Gasteiger partial charge in [-0.2, -0.15) is 0 Å². The average Bonchev–Trinajstić information content (AvgIpc) is 2.59. The summed E-state index contributed by atoms with van der Waals surface area (Å²) in [6.07, 6.45) is 2.97. The van der Waals surface area contributed by atoms with Crippen LogP contribution < -0.4 is 0 Å². The fourth-order valence-corrected chi connectivity index (χ4v) is 2.64. The Hall–Kier alpha value is -1.84. The SMILES string of the molecule is [2H][C@@H](C(=O)O[C@@H](C(=O)OC)c1ccccc1)C1CCCCC1. The molecule has 21 heavy (non-hydrogen) atoms. The lowest BCUT2D eigenvalue weighted by Gasteiger charge is -2.22. The molecule has 114 valence electrons. The zero-order chi connectivity index (χ0) is 15.9. The van der Waals surface area contributed by atoms with Crippen LogP contribution in [0.15, 0.2) is 30.3 Å². The van der Waals surface area contributed by atoms with Crippen molar-refractivity contribution in [1.82, 2.24) is 0 Å². The molecule has 1 fully saturated rings. The van der Waals surface area contributed by atoms with Crippen molar-refractivity contribution in [3.8, 4) is 0 Å². The molecule has 4 heteroatoms. The lowest BCUT2D eigenvalue weighted by atomic mass is 9.87. The predicted molar refractivity (Wildman–Crippen MR) is 78.5 cm³/mol. The van der Waals surface area contributed by atoms with Crippen molar-refractivity contribution in [2.75, 3.05) is 7.11 Å². The molecule has 1 aromatic carbocycles. The molecule has 0 unspecified atom stereocenters. The van der Waals surface area contributed by atoms with E-state index in [1.165, 1.54) is 7.11 Å². The Morgan fingerprint density at radius 2 is 1.90 bits per heavy atom. The number of hydrogen-bond acceptors (Lipinski definition) is 4. The molecule has 0 aromatic heterocycles. The van der Waals surface area contributed by atoms with Gasteiger partial charge in [-0.15, -0.1) is 0 Å². The molecule has 0 N–H and O–H groups in total. The standard InChI is InChI=1S/C17H22O4/c1-20-17(19)16(14-10-6-3-7-11-14)21-15(18)12-13-8-4-2-5-9-13/h3,6-7,10-11,13,16H,2,4-5,8-9,12H2,1H3/t16-/m1/s1/i12D/t12-,16-. The third kappa shape index (κ3) is 4.59. The third-order valence-electron chi connectivity index (χ3n) is 3.77. The van der Waals surface area contributed by atoms with Crippen molar-refractivity contribution in [2.24, 2.45) is 5.92 Å². The first-order valence-electron chi connectivity index (χ1n) is 7.96. The van der Waals surface area contributed by atoms with Crippen LogP contribution in [0.4, 0.5) is 0 Å². The highest BCUT2D eigenvalue weighted by atomic mass is 16.6. The van der Waals surface area contributed by atoms with Gasteiger partial charge in [-0.3, -0.25) is 4.79 Å². The summed E-state index contributed by atoms with van der Waals surface area (Å²) in [5.41, 5.74) is 0.554. The second-order valence-electron chi connectivity index (χ2n) is 5.32. The van der Waals surface area contributed by atoms with Crippen LogP contribution in [-0.2, 0) is 19.1 Å². The number of rotatable bonds is 5. The summed E-state index contributed by atoms with van der Waals surface area (Å²) in [5.74, 6) is -1.25. The highest BCUT2D eigenvalue weighted by Crippen LogP contribution is 2.28. The molecule has 0 spiro atoms. The molecule has 0 radical (unpaired) electrons. The van der Waals surface area contributed by atoms with Crippen molar-refractivity contribution in [2.45, 2.75) is 44.6 Å². The largest absolute Gasteiger partial charge is 0.466 e. The zero-order valence-corrected chi connectivity index (χ0v) is 12.3. The first-order valence-corrected chi connectivity index (χ1v) is 7.39. The Morgan fingerprint density at radius 1 is 1.24 bits per heavy atom. The highest BCUT2D eigenvalue weighted by molar-refractivity contribution is 5.80. The van der Waals surface area contributed by atoms with Gasteiger partial charge in [0.1, 0.15) is 0 Å². The maximum Gasteiger partial charge on any atom is 0.351 e. The number of benzene rings is 1. The van der Waals surface area contributed by atoms with Crippen LogP contribution >= 0.6 is 0 Å². The maximum absolute atomic E-state index is 12.2. The topological polar surface area (TPSA) is 52.6 Å². The average molecular weight is 291 g/mol. The number of carbonyl (C=O) groups excluding carboxylic acids is 2. The van der Waals surface area contributed by atoms with Crippen molar-refractivity contribution >= 4 is 11.9 Å². The van der Waals surface area contributed by atoms with Gasteiger partial charge in [-0.05, 0) is 18.8 Å². The first-order chi connectivity index (χ1) is 10.6. The second kappa shape index (κ2) is 7.81. The van der Waals surface area contributed by atoms with Gasteiger partial charge in [0.25, 0.3) is 0 Å². The first kappa shape index (κ1) is 14.1. The number of esters is 2. The van der Waals surface area contributed by atoms with Crippen LogP contribution in [-0.4, -0.2) is 19.0 Å². The van der Waals surface area contributed by atoms with E-state index < -0.39 is 24.4 Å². The van der Waals surface area contributed by atoms with Gasteiger partial charge >= 0.3 is 11.9 Å². The van der Waals surface area contributed by atoms with Crippen molar-refractivity contribution in [1.29, 1.82) is 0 Å². The lowest BCUT2D eigenvalue weighted by molar-refractivity contribution is -0.167. The molecule has 4 nitrogen and oxygen atoms in total. The van der Waals surface area contributed by atoms with Gasteiger partial charge in [0.15, 0.2) is 0 Å². The summed E-state index contributed by atoms with van der Waals surface area (Å²) in [6, 6.07) is 8.74. The summed E-state index contributed by atoms with van der Waals surface area (Å²) in [7, 11) is 1.26. The molecule has 1 aliphatic carbocycles. The molecule has 2 rings (SSSR count). The third-order valence-corrected chi connectivity index (χ3v) is 3.77. The van der Waals surface area contributed by atoms with E-state index in [4.69, 9.17) is 10.8 Å². The van der Waals surface area contributed by atoms with E-state index in [-0.39, 0.29) is 5.92 Å². The van der Waals surface area contributed by atoms with E-state index in [0.717, 1.165) is 32.1 Å². The van der Waals surface area contributed by atoms with Crippen LogP contribution in [0.1, 0.15) is 51.5 Å². The van der Waals surface area contributed by atoms with Gasteiger partial charge in [-0.1, -0.05) is 49.6 Å². The summed E-state index contributed by atoms with van der Waals surface area (Å²) >= 11 is 0. The molecular formula is C17H22O4. The monoisotopic (exact) mass is 291 g/mol. The van der Waals surface area contributed by atoms with Gasteiger partial charge < -0.3 is 9.47 Å². The minimum Gasteiger partial charge on any atom is -0.466 e. The van der Waals surface area contributed by atoms with Crippen LogP contribution in [0.5, 0.6) is 0 Å². The molecule has 0 heterocycles. The van der Waals surface area contributed by atoms with Crippen molar-refractivity contribution in [3.05, 3.63) is 35.9 Å². The van der Waals surface area contributed by atoms with Gasteiger partial charge in [0.05, 0.1) is 7.11 Å². The zero-order valence-electron chi connectivity index (χ0n) is 13.3. The molecule has 0 bridgehead atoms. The van der Waals surface area contributed by atoms with E-state index in [2.05, 4.69) is 0 Å². The molecular weight excluding hydrogens is 268 g/mol. The minimum atomic E-state index is -1.10. The highest BCUT2D eigenvalue weighted by Gasteiger charge is 2.27. The van der Waals surface area contributed by atoms with Gasteiger partial charge in [0, 0.05) is 13.3 Å². The second-order valence-corrected chi connectivity index (χ2v) is 5.32. The Bertz CT molecular complexity index is 497. The fraction of sp³-hybridized carbons (Fsp3) is 0.529. The summed E-state index contributed by atoms with van der Waals surface area (Å²) < 4.78 is 18.1. The Labute approximate surface area is 126 Å². The smallest absolute Gasteiger partial charge is 0.351 e. The van der Waals surface area contributed by atoms with E-state index in [9.17, 15) is 9.59 Å². The van der Waals surface area contributed by atoms with E-state index in [1.807, 2.05) is 6.07 Å². The number of hydrogen-bond donors (Lipinski definition) is 0. The molecule has 0 amide bonds. The lowest BCUT2D eigenvalue weighted by Crippen LogP contribution is -2.23. The molecule has 2 atom stereocenters. The normalized spacial score (nSPS) is 19.2. The Balaban J connectivity index is 2.06. The van der Waals surface area contributed by atoms with Crippen LogP contribution in [0.25, 0.3) is 0 Å². The Kier molecular flexibility index (Phi) is 5.25. The van der Waals surface area contributed by atoms with Crippen LogP contribution in [0.3, 0.4) is 0 Å². The number of ether oxygens (including phenoxy) is 2. The van der Waals surface area contributed by atoms with E-state index >= 15 is 0 Å². The molecule has 0 saturated heterocycles. The van der Waals surface area contributed by atoms with Crippen molar-refractivity contribution in [3.63, 3.8) is 0 Å². The summed E-state index contributed by atoms with van der Waals surface area (Å²) in [6.45, 7) is 0. The quantitative estimate of drug-likeness (QED) is 0.780. The van der Waals surface area contributed by atoms with Crippen LogP contribution in [0.2, 0.25) is 0 Å². The number of carbonyl (C=O) groups is 2. The van der Waals surface area contributed by atoms with Gasteiger partial charge in [-0.25, -0.2) is 4.79 Å². The predicted octanol–water partition coefficient (Wildman–Crippen LogP) is 3.41. The van der Waals surface area contributed by atoms with E-state index in [1.54, 1.807) is 24.3 Å². The number of methoxy groups -OCH3 is 1. The van der Waals surface area contributed by atoms with Gasteiger partial charge in [0.2, 0.25) is 6.10 Å². The fourth-order valence-electron chi connectivity index (χ4n) is 2.64. The summed E-state index contributed by atoms with van der Waals surface area (Å²) in [4.78, 5) is 24.1. The van der Waals surface area contributed by atoms with Crippen molar-refractivity contribution < 1.29 is 20.4 Å². The maximum atomic E-state index is 12.2. The Morgan fingerprint density at radius 3 is 2.52 bits per heavy atom. The summed E-state index contributed by atoms with van der Waals surface area (Å²) in [5, 5.41) is 0. The minimum absolute atomic E-state index is 0.0234. The van der Waals surface area contributed by atoms with E-state index in [0.29, 0.717) is 5.56 Å².